The molecule has 2 rings (SSSR count). The van der Waals surface area contributed by atoms with Crippen LogP contribution >= 0.6 is 0 Å². The Bertz CT molecular complexity index is 530. The number of amides is 1. The molecule has 0 aliphatic carbocycles. The van der Waals surface area contributed by atoms with Gasteiger partial charge in [-0.3, -0.25) is 4.90 Å². The van der Waals surface area contributed by atoms with Gasteiger partial charge in [0.2, 0.25) is 0 Å². The molecule has 0 saturated heterocycles. The maximum atomic E-state index is 12.5. The van der Waals surface area contributed by atoms with Gasteiger partial charge in [0, 0.05) is 5.54 Å². The van der Waals surface area contributed by atoms with E-state index in [-0.39, 0.29) is 11.6 Å². The predicted octanol–water partition coefficient (Wildman–Crippen LogP) is 3.94. The van der Waals surface area contributed by atoms with E-state index in [4.69, 9.17) is 4.74 Å². The van der Waals surface area contributed by atoms with Crippen LogP contribution in [0.3, 0.4) is 0 Å². The summed E-state index contributed by atoms with van der Waals surface area (Å²) in [6, 6.07) is 5.96. The number of carbonyl (C=O) groups is 1. The Labute approximate surface area is 121 Å². The molecular formula is C16H24N2O2. The van der Waals surface area contributed by atoms with Gasteiger partial charge in [-0.25, -0.2) is 4.79 Å². The third kappa shape index (κ3) is 3.06. The lowest BCUT2D eigenvalue weighted by molar-refractivity contribution is 0.0573. The van der Waals surface area contributed by atoms with Gasteiger partial charge >= 0.3 is 6.09 Å². The molecule has 1 N–H and O–H groups in total. The number of anilines is 2. The first-order chi connectivity index (χ1) is 9.09. The summed E-state index contributed by atoms with van der Waals surface area (Å²) in [5, 5.41) is 3.50. The van der Waals surface area contributed by atoms with Gasteiger partial charge < -0.3 is 10.1 Å². The highest BCUT2D eigenvalue weighted by atomic mass is 16.6. The smallest absolute Gasteiger partial charge is 0.414 e. The quantitative estimate of drug-likeness (QED) is 0.780. The monoisotopic (exact) mass is 276 g/mol. The second-order valence-corrected chi connectivity index (χ2v) is 7.04. The van der Waals surface area contributed by atoms with Crippen LogP contribution < -0.4 is 10.2 Å². The van der Waals surface area contributed by atoms with E-state index in [2.05, 4.69) is 19.2 Å². The van der Waals surface area contributed by atoms with Crippen LogP contribution in [0.5, 0.6) is 0 Å². The van der Waals surface area contributed by atoms with Gasteiger partial charge in [0.25, 0.3) is 0 Å². The van der Waals surface area contributed by atoms with Crippen molar-refractivity contribution < 1.29 is 9.53 Å². The van der Waals surface area contributed by atoms with E-state index < -0.39 is 5.60 Å². The summed E-state index contributed by atoms with van der Waals surface area (Å²) < 4.78 is 5.53. The minimum atomic E-state index is -0.490. The normalized spacial score (nSPS) is 17.2. The van der Waals surface area contributed by atoms with Gasteiger partial charge in [-0.1, -0.05) is 12.1 Å². The van der Waals surface area contributed by atoms with Crippen molar-refractivity contribution in [2.75, 3.05) is 16.8 Å². The molecule has 1 amide bonds. The van der Waals surface area contributed by atoms with Crippen LogP contribution in [0.25, 0.3) is 0 Å². The molecular weight excluding hydrogens is 252 g/mol. The molecule has 1 aromatic rings. The number of carbonyl (C=O) groups excluding carboxylic acids is 1. The predicted molar refractivity (Wildman–Crippen MR) is 82.5 cm³/mol. The Morgan fingerprint density at radius 2 is 2.00 bits per heavy atom. The lowest BCUT2D eigenvalue weighted by Crippen LogP contribution is -2.52. The molecule has 4 heteroatoms. The molecule has 20 heavy (non-hydrogen) atoms. The summed E-state index contributed by atoms with van der Waals surface area (Å²) in [5.41, 5.74) is 2.35. The first-order valence-electron chi connectivity index (χ1n) is 6.97. The van der Waals surface area contributed by atoms with Gasteiger partial charge in [0.05, 0.1) is 17.9 Å². The third-order valence-electron chi connectivity index (χ3n) is 3.17. The van der Waals surface area contributed by atoms with E-state index >= 15 is 0 Å². The SMILES string of the molecule is Cc1cccc2c1NC(C)(C)CN2C(=O)OC(C)(C)C. The topological polar surface area (TPSA) is 41.6 Å². The van der Waals surface area contributed by atoms with Crippen molar-refractivity contribution in [3.63, 3.8) is 0 Å². The number of rotatable bonds is 0. The molecule has 0 bridgehead atoms. The summed E-state index contributed by atoms with van der Waals surface area (Å²) in [7, 11) is 0. The molecule has 0 fully saturated rings. The molecule has 0 spiro atoms. The highest BCUT2D eigenvalue weighted by Crippen LogP contribution is 2.37. The number of nitrogens with one attached hydrogen (secondary N) is 1. The van der Waals surface area contributed by atoms with Crippen molar-refractivity contribution in [2.45, 2.75) is 52.7 Å². The summed E-state index contributed by atoms with van der Waals surface area (Å²) in [6.07, 6.45) is -0.293. The number of hydrogen-bond acceptors (Lipinski definition) is 3. The molecule has 0 aromatic heterocycles. The number of fused-ring (bicyclic) bond motifs is 1. The van der Waals surface area contributed by atoms with Gasteiger partial charge in [-0.2, -0.15) is 0 Å². The lowest BCUT2D eigenvalue weighted by Gasteiger charge is -2.41. The molecule has 0 radical (unpaired) electrons. The minimum Gasteiger partial charge on any atom is -0.443 e. The van der Waals surface area contributed by atoms with Gasteiger partial charge in [0.15, 0.2) is 0 Å². The molecule has 0 atom stereocenters. The molecule has 0 unspecified atom stereocenters. The highest BCUT2D eigenvalue weighted by molar-refractivity contribution is 5.94. The van der Waals surface area contributed by atoms with Crippen molar-refractivity contribution in [1.29, 1.82) is 0 Å². The van der Waals surface area contributed by atoms with Crippen LogP contribution in [-0.4, -0.2) is 23.8 Å². The summed E-state index contributed by atoms with van der Waals surface area (Å²) in [5.74, 6) is 0. The van der Waals surface area contributed by atoms with Gasteiger partial charge in [0.1, 0.15) is 5.60 Å². The maximum Gasteiger partial charge on any atom is 0.414 e. The van der Waals surface area contributed by atoms with E-state index in [0.29, 0.717) is 6.54 Å². The zero-order chi connectivity index (χ0) is 15.1. The lowest BCUT2D eigenvalue weighted by atomic mass is 9.98. The van der Waals surface area contributed by atoms with Crippen molar-refractivity contribution in [1.82, 2.24) is 0 Å². The van der Waals surface area contributed by atoms with Crippen LogP contribution in [0.1, 0.15) is 40.2 Å². The Kier molecular flexibility index (Phi) is 3.44. The molecule has 0 saturated carbocycles. The fourth-order valence-electron chi connectivity index (χ4n) is 2.38. The van der Waals surface area contributed by atoms with Gasteiger partial charge in [-0.05, 0) is 53.2 Å². The molecule has 1 aliphatic heterocycles. The van der Waals surface area contributed by atoms with Crippen LogP contribution in [0.2, 0.25) is 0 Å². The fourth-order valence-corrected chi connectivity index (χ4v) is 2.38. The zero-order valence-electron chi connectivity index (χ0n) is 13.2. The van der Waals surface area contributed by atoms with Crippen molar-refractivity contribution in [2.24, 2.45) is 0 Å². The van der Waals surface area contributed by atoms with Crippen LogP contribution in [0, 0.1) is 6.92 Å². The van der Waals surface area contributed by atoms with Crippen molar-refractivity contribution in [3.8, 4) is 0 Å². The number of aryl methyl sites for hydroxylation is 1. The molecule has 1 aliphatic rings. The summed E-state index contributed by atoms with van der Waals surface area (Å²) >= 11 is 0. The number of ether oxygens (including phenoxy) is 1. The van der Waals surface area contributed by atoms with E-state index in [0.717, 1.165) is 16.9 Å². The second-order valence-electron chi connectivity index (χ2n) is 7.04. The molecule has 110 valence electrons. The first-order valence-corrected chi connectivity index (χ1v) is 6.97. The number of hydrogen-bond donors (Lipinski definition) is 1. The standard InChI is InChI=1S/C16H24N2O2/c1-11-8-7-9-12-13(11)17-16(5,6)10-18(12)14(19)20-15(2,3)4/h7-9,17H,10H2,1-6H3. The van der Waals surface area contributed by atoms with E-state index in [1.807, 2.05) is 45.9 Å². The third-order valence-corrected chi connectivity index (χ3v) is 3.17. The largest absolute Gasteiger partial charge is 0.443 e. The highest BCUT2D eigenvalue weighted by Gasteiger charge is 2.35. The molecule has 1 aromatic carbocycles. The summed E-state index contributed by atoms with van der Waals surface area (Å²) in [6.45, 7) is 12.4. The minimum absolute atomic E-state index is 0.185. The average Bonchev–Trinajstić information content (AvgIpc) is 2.26. The van der Waals surface area contributed by atoms with E-state index in [1.54, 1.807) is 4.90 Å². The maximum absolute atomic E-state index is 12.5. The zero-order valence-corrected chi connectivity index (χ0v) is 13.2. The Morgan fingerprint density at radius 3 is 2.60 bits per heavy atom. The van der Waals surface area contributed by atoms with E-state index in [1.165, 1.54) is 0 Å². The fraction of sp³-hybridized carbons (Fsp3) is 0.562. The second kappa shape index (κ2) is 4.69. The Morgan fingerprint density at radius 1 is 1.35 bits per heavy atom. The number of para-hydroxylation sites is 1. The Balaban J connectivity index is 2.40. The van der Waals surface area contributed by atoms with Crippen molar-refractivity contribution >= 4 is 17.5 Å². The number of benzene rings is 1. The summed E-state index contributed by atoms with van der Waals surface area (Å²) in [4.78, 5) is 14.2. The average molecular weight is 276 g/mol. The van der Waals surface area contributed by atoms with Gasteiger partial charge in [-0.15, -0.1) is 0 Å². The van der Waals surface area contributed by atoms with Crippen LogP contribution in [0.4, 0.5) is 16.2 Å². The molecule has 1 heterocycles. The first kappa shape index (κ1) is 14.7. The number of nitrogens with zero attached hydrogens (tertiary/aromatic N) is 1. The van der Waals surface area contributed by atoms with Crippen molar-refractivity contribution in [3.05, 3.63) is 23.8 Å². The van der Waals surface area contributed by atoms with Crippen LogP contribution in [-0.2, 0) is 4.74 Å². The van der Waals surface area contributed by atoms with E-state index in [9.17, 15) is 4.79 Å². The molecule has 4 nitrogen and oxygen atoms in total. The van der Waals surface area contributed by atoms with Crippen LogP contribution in [0.15, 0.2) is 18.2 Å². The Hall–Kier alpha value is -1.71.